The maximum atomic E-state index is 10.0. The molecule has 6 heteroatoms. The van der Waals surface area contributed by atoms with Crippen LogP contribution in [0.2, 0.25) is 0 Å². The lowest BCUT2D eigenvalue weighted by Gasteiger charge is -2.36. The summed E-state index contributed by atoms with van der Waals surface area (Å²) in [5.41, 5.74) is 3.25. The fraction of sp³-hybridized carbons (Fsp3) is 0.897. The van der Waals surface area contributed by atoms with E-state index in [9.17, 15) is 15.3 Å². The van der Waals surface area contributed by atoms with Gasteiger partial charge >= 0.3 is 0 Å². The highest BCUT2D eigenvalue weighted by atomic mass is 16.3. The Bertz CT molecular complexity index is 866. The predicted molar refractivity (Wildman–Crippen MR) is 188 cm³/mol. The molecule has 45 heavy (non-hydrogen) atoms. The zero-order valence-corrected chi connectivity index (χ0v) is 29.2. The van der Waals surface area contributed by atoms with Crippen molar-refractivity contribution in [1.29, 1.82) is 0 Å². The van der Waals surface area contributed by atoms with E-state index in [1.165, 1.54) is 135 Å². The van der Waals surface area contributed by atoms with Gasteiger partial charge in [-0.1, -0.05) is 89.5 Å². The summed E-state index contributed by atoms with van der Waals surface area (Å²) in [7, 11) is 0. The summed E-state index contributed by atoms with van der Waals surface area (Å²) in [5.74, 6) is 0. The topological polar surface area (TPSA) is 88.0 Å². The van der Waals surface area contributed by atoms with Crippen LogP contribution in [-0.4, -0.2) is 75.3 Å². The monoisotopic (exact) mass is 630 g/mol. The van der Waals surface area contributed by atoms with E-state index in [0.29, 0.717) is 24.5 Å². The van der Waals surface area contributed by atoms with Crippen molar-refractivity contribution in [3.05, 3.63) is 23.4 Å². The molecule has 0 amide bonds. The van der Waals surface area contributed by atoms with E-state index in [0.717, 1.165) is 19.3 Å². The number of allylic oxidation sites excluding steroid dienone is 3. The van der Waals surface area contributed by atoms with Gasteiger partial charge < -0.3 is 30.9 Å². The second kappa shape index (κ2) is 20.4. The van der Waals surface area contributed by atoms with Gasteiger partial charge in [0.1, 0.15) is 0 Å². The molecule has 260 valence electrons. The van der Waals surface area contributed by atoms with Crippen molar-refractivity contribution in [2.24, 2.45) is 0 Å². The highest BCUT2D eigenvalue weighted by Crippen LogP contribution is 2.33. The highest BCUT2D eigenvalue weighted by molar-refractivity contribution is 5.31. The van der Waals surface area contributed by atoms with Crippen LogP contribution in [-0.2, 0) is 0 Å². The van der Waals surface area contributed by atoms with E-state index in [-0.39, 0.29) is 18.2 Å². The van der Waals surface area contributed by atoms with E-state index in [1.807, 2.05) is 6.92 Å². The number of fused-ring (bicyclic) bond motifs is 1. The van der Waals surface area contributed by atoms with E-state index in [2.05, 4.69) is 34.6 Å². The molecule has 3 saturated heterocycles. The zero-order valence-electron chi connectivity index (χ0n) is 29.2. The quantitative estimate of drug-likeness (QED) is 0.0838. The molecule has 0 aromatic rings. The summed E-state index contributed by atoms with van der Waals surface area (Å²) in [6.07, 6.45) is 34.4. The molecule has 4 rings (SSSR count). The van der Waals surface area contributed by atoms with E-state index in [1.54, 1.807) is 11.3 Å². The molecule has 4 aliphatic rings. The number of nitrogens with one attached hydrogen (secondary N) is 2. The lowest BCUT2D eigenvalue weighted by atomic mass is 9.91. The van der Waals surface area contributed by atoms with Crippen molar-refractivity contribution in [3.63, 3.8) is 0 Å². The number of rotatable bonds is 21. The molecule has 5 N–H and O–H groups in total. The number of hydrogen-bond donors (Lipinski definition) is 5. The van der Waals surface area contributed by atoms with Gasteiger partial charge in [0, 0.05) is 42.5 Å². The molecular formula is C39H71N3O3. The van der Waals surface area contributed by atoms with Crippen LogP contribution in [0, 0.1) is 0 Å². The second-order valence-corrected chi connectivity index (χ2v) is 15.4. The number of aliphatic hydroxyl groups excluding tert-OH is 3. The molecule has 0 aliphatic carbocycles. The Morgan fingerprint density at radius 1 is 0.644 bits per heavy atom. The first-order chi connectivity index (χ1) is 21.9. The van der Waals surface area contributed by atoms with Gasteiger partial charge in [-0.05, 0) is 96.1 Å². The number of hydrogen-bond acceptors (Lipinski definition) is 6. The van der Waals surface area contributed by atoms with Gasteiger partial charge in [0.25, 0.3) is 0 Å². The molecule has 6 nitrogen and oxygen atoms in total. The molecule has 0 saturated carbocycles. The van der Waals surface area contributed by atoms with E-state index < -0.39 is 12.2 Å². The van der Waals surface area contributed by atoms with Crippen LogP contribution in [0.1, 0.15) is 168 Å². The first kappa shape index (κ1) is 36.9. The predicted octanol–water partition coefficient (Wildman–Crippen LogP) is 7.66. The van der Waals surface area contributed by atoms with Crippen LogP contribution in [0.5, 0.6) is 0 Å². The Hall–Kier alpha value is -0.920. The summed E-state index contributed by atoms with van der Waals surface area (Å²) < 4.78 is 0. The molecule has 8 atom stereocenters. The van der Waals surface area contributed by atoms with Crippen LogP contribution in [0.25, 0.3) is 0 Å². The Balaban J connectivity index is 0.984. The molecule has 4 aliphatic heterocycles. The Morgan fingerprint density at radius 2 is 1.22 bits per heavy atom. The van der Waals surface area contributed by atoms with Gasteiger partial charge in [-0.25, -0.2) is 0 Å². The van der Waals surface area contributed by atoms with Gasteiger partial charge in [-0.15, -0.1) is 0 Å². The van der Waals surface area contributed by atoms with Gasteiger partial charge in [0.2, 0.25) is 0 Å². The SMILES string of the molecule is CC1NC(CCCCCCCCCCC2=CC3CCCN3C(CCCCCCCCCC3CC(O)C(O)C(C)N3)=C2)CCC1O. The van der Waals surface area contributed by atoms with Gasteiger partial charge in [0.05, 0.1) is 18.3 Å². The van der Waals surface area contributed by atoms with Crippen LogP contribution < -0.4 is 10.6 Å². The minimum absolute atomic E-state index is 0.00672. The molecule has 4 heterocycles. The van der Waals surface area contributed by atoms with Crippen LogP contribution in [0.4, 0.5) is 0 Å². The fourth-order valence-corrected chi connectivity index (χ4v) is 8.57. The Kier molecular flexibility index (Phi) is 16.8. The average Bonchev–Trinajstić information content (AvgIpc) is 3.50. The van der Waals surface area contributed by atoms with Gasteiger partial charge in [-0.3, -0.25) is 0 Å². The van der Waals surface area contributed by atoms with Crippen LogP contribution >= 0.6 is 0 Å². The van der Waals surface area contributed by atoms with Crippen molar-refractivity contribution in [1.82, 2.24) is 15.5 Å². The van der Waals surface area contributed by atoms with Crippen molar-refractivity contribution < 1.29 is 15.3 Å². The normalized spacial score (nSPS) is 32.0. The Labute approximate surface area is 276 Å². The molecule has 3 fully saturated rings. The van der Waals surface area contributed by atoms with E-state index >= 15 is 0 Å². The van der Waals surface area contributed by atoms with Crippen LogP contribution in [0.3, 0.4) is 0 Å². The minimum Gasteiger partial charge on any atom is -0.392 e. The minimum atomic E-state index is -0.623. The summed E-state index contributed by atoms with van der Waals surface area (Å²) in [4.78, 5) is 2.72. The summed E-state index contributed by atoms with van der Waals surface area (Å²) in [6.45, 7) is 5.35. The smallest absolute Gasteiger partial charge is 0.0949 e. The van der Waals surface area contributed by atoms with Gasteiger partial charge in [0.15, 0.2) is 0 Å². The molecule has 0 aromatic carbocycles. The number of unbranched alkanes of at least 4 members (excludes halogenated alkanes) is 13. The third-order valence-corrected chi connectivity index (χ3v) is 11.5. The number of piperidine rings is 2. The second-order valence-electron chi connectivity index (χ2n) is 15.4. The third-order valence-electron chi connectivity index (χ3n) is 11.5. The largest absolute Gasteiger partial charge is 0.392 e. The highest BCUT2D eigenvalue weighted by Gasteiger charge is 2.32. The average molecular weight is 630 g/mol. The first-order valence-corrected chi connectivity index (χ1v) is 19.6. The molecular weight excluding hydrogens is 558 g/mol. The van der Waals surface area contributed by atoms with Crippen molar-refractivity contribution >= 4 is 0 Å². The van der Waals surface area contributed by atoms with E-state index in [4.69, 9.17) is 0 Å². The fourth-order valence-electron chi connectivity index (χ4n) is 8.57. The first-order valence-electron chi connectivity index (χ1n) is 19.6. The summed E-state index contributed by atoms with van der Waals surface area (Å²) in [6, 6.07) is 1.90. The zero-order chi connectivity index (χ0) is 31.9. The Morgan fingerprint density at radius 3 is 1.87 bits per heavy atom. The lowest BCUT2D eigenvalue weighted by Crippen LogP contribution is -2.55. The number of aliphatic hydroxyl groups is 3. The third kappa shape index (κ3) is 12.9. The summed E-state index contributed by atoms with van der Waals surface area (Å²) in [5, 5.41) is 36.9. The van der Waals surface area contributed by atoms with Crippen molar-refractivity contribution in [2.75, 3.05) is 6.54 Å². The van der Waals surface area contributed by atoms with Crippen molar-refractivity contribution in [2.45, 2.75) is 216 Å². The molecule has 0 spiro atoms. The number of nitrogens with zero attached hydrogens (tertiary/aromatic N) is 1. The molecule has 0 radical (unpaired) electrons. The molecule has 0 bridgehead atoms. The lowest BCUT2D eigenvalue weighted by molar-refractivity contribution is -0.0361. The maximum Gasteiger partial charge on any atom is 0.0949 e. The van der Waals surface area contributed by atoms with Gasteiger partial charge in [-0.2, -0.15) is 0 Å². The van der Waals surface area contributed by atoms with Crippen molar-refractivity contribution in [3.8, 4) is 0 Å². The molecule has 0 aromatic heterocycles. The van der Waals surface area contributed by atoms with Crippen LogP contribution in [0.15, 0.2) is 23.4 Å². The molecule has 8 unspecified atom stereocenters. The summed E-state index contributed by atoms with van der Waals surface area (Å²) >= 11 is 0. The maximum absolute atomic E-state index is 10.0. The standard InChI is InChI=1S/C39H71N3O3/c1-30-37(43)25-24-33(40-30)20-15-11-7-4-3-6-10-14-19-32-27-35(42-26-18-23-36(42)28-32)22-17-13-9-5-8-12-16-21-34-29-38(44)39(45)31(2)41-34/h27-28,30-31,33-34,36-41,43-45H,3-26,29H2,1-2H3.